The van der Waals surface area contributed by atoms with Gasteiger partial charge in [-0.2, -0.15) is 5.10 Å². The summed E-state index contributed by atoms with van der Waals surface area (Å²) >= 11 is 0. The third kappa shape index (κ3) is 4.22. The Morgan fingerprint density at radius 1 is 1.32 bits per heavy atom. The number of aromatic nitrogens is 2. The molecule has 5 nitrogen and oxygen atoms in total. The van der Waals surface area contributed by atoms with Crippen molar-refractivity contribution in [1.82, 2.24) is 20.4 Å². The SMILES string of the molecule is CCCCN(C(=O)c1n[nH]c2c1CNCC2)C(C)c1ccccc1.Cl. The Morgan fingerprint density at radius 3 is 2.80 bits per heavy atom. The number of carbonyl (C=O) groups is 1. The van der Waals surface area contributed by atoms with Gasteiger partial charge in [-0.15, -0.1) is 12.4 Å². The van der Waals surface area contributed by atoms with Gasteiger partial charge in [-0.05, 0) is 18.9 Å². The number of nitrogens with one attached hydrogen (secondary N) is 2. The van der Waals surface area contributed by atoms with Crippen LogP contribution >= 0.6 is 12.4 Å². The number of carbonyl (C=O) groups excluding carboxylic acids is 1. The summed E-state index contributed by atoms with van der Waals surface area (Å²) in [5, 5.41) is 10.7. The summed E-state index contributed by atoms with van der Waals surface area (Å²) in [6.45, 7) is 6.65. The van der Waals surface area contributed by atoms with E-state index in [4.69, 9.17) is 0 Å². The van der Waals surface area contributed by atoms with E-state index >= 15 is 0 Å². The number of unbranched alkanes of at least 4 members (excludes halogenated alkanes) is 1. The molecular weight excluding hydrogens is 336 g/mol. The zero-order chi connectivity index (χ0) is 16.9. The average molecular weight is 363 g/mol. The molecule has 0 spiro atoms. The average Bonchev–Trinajstić information content (AvgIpc) is 3.06. The molecule has 0 aliphatic carbocycles. The Hall–Kier alpha value is -1.85. The van der Waals surface area contributed by atoms with Crippen LogP contribution in [0.2, 0.25) is 0 Å². The van der Waals surface area contributed by atoms with Gasteiger partial charge in [-0.1, -0.05) is 43.7 Å². The van der Waals surface area contributed by atoms with Gasteiger partial charge in [0, 0.05) is 37.3 Å². The van der Waals surface area contributed by atoms with Gasteiger partial charge in [0.15, 0.2) is 5.69 Å². The molecule has 2 aromatic rings. The van der Waals surface area contributed by atoms with Gasteiger partial charge in [-0.3, -0.25) is 9.89 Å². The highest BCUT2D eigenvalue weighted by molar-refractivity contribution is 5.94. The number of fused-ring (bicyclic) bond motifs is 1. The maximum Gasteiger partial charge on any atom is 0.275 e. The number of benzene rings is 1. The van der Waals surface area contributed by atoms with Crippen LogP contribution < -0.4 is 5.32 Å². The first-order valence-corrected chi connectivity index (χ1v) is 8.85. The van der Waals surface area contributed by atoms with Crippen LogP contribution in [-0.2, 0) is 13.0 Å². The number of aromatic amines is 1. The predicted molar refractivity (Wildman–Crippen MR) is 102 cm³/mol. The molecule has 1 amide bonds. The van der Waals surface area contributed by atoms with Gasteiger partial charge >= 0.3 is 0 Å². The molecule has 2 heterocycles. The monoisotopic (exact) mass is 362 g/mol. The topological polar surface area (TPSA) is 61.0 Å². The van der Waals surface area contributed by atoms with E-state index < -0.39 is 0 Å². The zero-order valence-electron chi connectivity index (χ0n) is 14.9. The standard InChI is InChI=1S/C19H26N4O.ClH/c1-3-4-12-23(14(2)15-8-6-5-7-9-15)19(24)18-16-13-20-11-10-17(16)21-22-18;/h5-9,14,20H,3-4,10-13H2,1-2H3,(H,21,22);1H. The van der Waals surface area contributed by atoms with E-state index in [1.54, 1.807) is 0 Å². The highest BCUT2D eigenvalue weighted by atomic mass is 35.5. The fourth-order valence-corrected chi connectivity index (χ4v) is 3.25. The molecule has 136 valence electrons. The molecule has 1 aromatic carbocycles. The van der Waals surface area contributed by atoms with Crippen LogP contribution in [0.1, 0.15) is 60.0 Å². The molecule has 1 atom stereocenters. The van der Waals surface area contributed by atoms with Crippen molar-refractivity contribution in [1.29, 1.82) is 0 Å². The van der Waals surface area contributed by atoms with E-state index in [1.165, 1.54) is 0 Å². The van der Waals surface area contributed by atoms with Crippen molar-refractivity contribution >= 4 is 18.3 Å². The van der Waals surface area contributed by atoms with Gasteiger partial charge in [0.05, 0.1) is 6.04 Å². The third-order valence-electron chi connectivity index (χ3n) is 4.77. The van der Waals surface area contributed by atoms with Gasteiger partial charge in [0.2, 0.25) is 0 Å². The lowest BCUT2D eigenvalue weighted by molar-refractivity contribution is 0.0680. The molecule has 0 fully saturated rings. The molecule has 1 aromatic heterocycles. The summed E-state index contributed by atoms with van der Waals surface area (Å²) in [6.07, 6.45) is 2.96. The van der Waals surface area contributed by atoms with E-state index in [1.807, 2.05) is 23.1 Å². The molecule has 0 radical (unpaired) electrons. The maximum absolute atomic E-state index is 13.2. The molecule has 6 heteroatoms. The highest BCUT2D eigenvalue weighted by Gasteiger charge is 2.28. The number of halogens is 1. The Morgan fingerprint density at radius 2 is 2.08 bits per heavy atom. The molecule has 0 saturated carbocycles. The Balaban J connectivity index is 0.00000225. The van der Waals surface area contributed by atoms with Gasteiger partial charge < -0.3 is 10.2 Å². The lowest BCUT2D eigenvalue weighted by Gasteiger charge is -2.29. The van der Waals surface area contributed by atoms with Crippen LogP contribution in [0.25, 0.3) is 0 Å². The second kappa shape index (κ2) is 9.02. The zero-order valence-corrected chi connectivity index (χ0v) is 15.7. The van der Waals surface area contributed by atoms with E-state index in [-0.39, 0.29) is 24.4 Å². The first-order valence-electron chi connectivity index (χ1n) is 8.85. The molecule has 25 heavy (non-hydrogen) atoms. The molecule has 2 N–H and O–H groups in total. The molecular formula is C19H27ClN4O. The van der Waals surface area contributed by atoms with Crippen LogP contribution in [0, 0.1) is 0 Å². The van der Waals surface area contributed by atoms with E-state index in [0.717, 1.165) is 49.2 Å². The summed E-state index contributed by atoms with van der Waals surface area (Å²) < 4.78 is 0. The van der Waals surface area contributed by atoms with E-state index in [2.05, 4.69) is 41.5 Å². The van der Waals surface area contributed by atoms with Crippen molar-refractivity contribution in [3.05, 3.63) is 52.8 Å². The number of hydrogen-bond donors (Lipinski definition) is 2. The molecule has 1 unspecified atom stereocenters. The number of nitrogens with zero attached hydrogens (tertiary/aromatic N) is 2. The van der Waals surface area contributed by atoms with Crippen molar-refractivity contribution < 1.29 is 4.79 Å². The van der Waals surface area contributed by atoms with Gasteiger partial charge in [0.25, 0.3) is 5.91 Å². The van der Waals surface area contributed by atoms with Crippen molar-refractivity contribution in [2.45, 2.75) is 45.7 Å². The number of rotatable bonds is 6. The normalized spacial score (nSPS) is 14.3. The molecule has 1 aliphatic heterocycles. The van der Waals surface area contributed by atoms with Crippen LogP contribution in [0.5, 0.6) is 0 Å². The van der Waals surface area contributed by atoms with Crippen LogP contribution in [-0.4, -0.2) is 34.1 Å². The van der Waals surface area contributed by atoms with Crippen LogP contribution in [0.15, 0.2) is 30.3 Å². The molecule has 0 saturated heterocycles. The molecule has 3 rings (SSSR count). The van der Waals surface area contributed by atoms with Gasteiger partial charge in [0.1, 0.15) is 0 Å². The first-order chi connectivity index (χ1) is 11.7. The lowest BCUT2D eigenvalue weighted by Crippen LogP contribution is -2.36. The van der Waals surface area contributed by atoms with Crippen LogP contribution in [0.3, 0.4) is 0 Å². The summed E-state index contributed by atoms with van der Waals surface area (Å²) in [5.74, 6) is 0.0287. The summed E-state index contributed by atoms with van der Waals surface area (Å²) in [6, 6.07) is 10.2. The number of H-pyrrole nitrogens is 1. The smallest absolute Gasteiger partial charge is 0.275 e. The van der Waals surface area contributed by atoms with Crippen molar-refractivity contribution in [3.63, 3.8) is 0 Å². The quantitative estimate of drug-likeness (QED) is 0.827. The molecule has 0 bridgehead atoms. The maximum atomic E-state index is 13.2. The molecule has 1 aliphatic rings. The van der Waals surface area contributed by atoms with Crippen molar-refractivity contribution in [2.75, 3.05) is 13.1 Å². The van der Waals surface area contributed by atoms with Crippen molar-refractivity contribution in [2.24, 2.45) is 0 Å². The fraction of sp³-hybridized carbons (Fsp3) is 0.474. The summed E-state index contributed by atoms with van der Waals surface area (Å²) in [5.41, 5.74) is 3.87. The minimum atomic E-state index is 0. The Kier molecular flexibility index (Phi) is 7.02. The third-order valence-corrected chi connectivity index (χ3v) is 4.77. The summed E-state index contributed by atoms with van der Waals surface area (Å²) in [4.78, 5) is 15.2. The minimum absolute atomic E-state index is 0. The Bertz CT molecular complexity index is 686. The second-order valence-electron chi connectivity index (χ2n) is 6.39. The van der Waals surface area contributed by atoms with Gasteiger partial charge in [-0.25, -0.2) is 0 Å². The predicted octanol–water partition coefficient (Wildman–Crippen LogP) is 3.48. The first kappa shape index (κ1) is 19.5. The van der Waals surface area contributed by atoms with E-state index in [9.17, 15) is 4.79 Å². The minimum Gasteiger partial charge on any atom is -0.330 e. The van der Waals surface area contributed by atoms with Crippen LogP contribution in [0.4, 0.5) is 0 Å². The largest absolute Gasteiger partial charge is 0.330 e. The second-order valence-corrected chi connectivity index (χ2v) is 6.39. The summed E-state index contributed by atoms with van der Waals surface area (Å²) in [7, 11) is 0. The number of amides is 1. The Labute approximate surface area is 155 Å². The van der Waals surface area contributed by atoms with E-state index in [0.29, 0.717) is 12.2 Å². The van der Waals surface area contributed by atoms with Crippen molar-refractivity contribution in [3.8, 4) is 0 Å². The lowest BCUT2D eigenvalue weighted by atomic mass is 10.0. The highest BCUT2D eigenvalue weighted by Crippen LogP contribution is 2.25. The fourth-order valence-electron chi connectivity index (χ4n) is 3.25. The number of hydrogen-bond acceptors (Lipinski definition) is 3.